The molecule has 0 saturated heterocycles. The minimum Gasteiger partial charge on any atom is -0.350 e. The van der Waals surface area contributed by atoms with E-state index in [0.717, 1.165) is 6.21 Å². The van der Waals surface area contributed by atoms with Crippen LogP contribution in [0, 0.1) is 18.6 Å². The molecule has 6 heteroatoms. The molecular formula is C9H9F2N3O. The van der Waals surface area contributed by atoms with E-state index in [0.29, 0.717) is 0 Å². The molecule has 0 heterocycles. The number of benzene rings is 1. The molecule has 0 bridgehead atoms. The van der Waals surface area contributed by atoms with Gasteiger partial charge in [-0.25, -0.2) is 19.0 Å². The Bertz CT molecular complexity index is 418. The van der Waals surface area contributed by atoms with Gasteiger partial charge in [0, 0.05) is 5.56 Å². The third-order valence-electron chi connectivity index (χ3n) is 1.68. The van der Waals surface area contributed by atoms with Crippen LogP contribution in [0.4, 0.5) is 13.6 Å². The summed E-state index contributed by atoms with van der Waals surface area (Å²) in [6.45, 7) is 1.45. The lowest BCUT2D eigenvalue weighted by atomic mass is 10.1. The second kappa shape index (κ2) is 4.50. The Morgan fingerprint density at radius 2 is 2.13 bits per heavy atom. The minimum atomic E-state index is -1.01. The van der Waals surface area contributed by atoms with Crippen molar-refractivity contribution in [3.05, 3.63) is 34.9 Å². The van der Waals surface area contributed by atoms with E-state index in [1.165, 1.54) is 19.1 Å². The molecule has 0 fully saturated rings. The maximum absolute atomic E-state index is 13.2. The SMILES string of the molecule is Cc1ccc(C=NNC(N)=O)c(F)c1F. The van der Waals surface area contributed by atoms with Crippen molar-refractivity contribution >= 4 is 12.2 Å². The molecule has 4 nitrogen and oxygen atoms in total. The molecular weight excluding hydrogens is 204 g/mol. The van der Waals surface area contributed by atoms with Crippen molar-refractivity contribution < 1.29 is 13.6 Å². The largest absolute Gasteiger partial charge is 0.350 e. The van der Waals surface area contributed by atoms with Gasteiger partial charge in [0.25, 0.3) is 0 Å². The number of nitrogens with one attached hydrogen (secondary N) is 1. The van der Waals surface area contributed by atoms with Crippen molar-refractivity contribution in [1.82, 2.24) is 5.43 Å². The highest BCUT2D eigenvalue weighted by Crippen LogP contribution is 2.13. The van der Waals surface area contributed by atoms with Gasteiger partial charge in [-0.05, 0) is 18.6 Å². The molecule has 0 radical (unpaired) electrons. The fourth-order valence-electron chi connectivity index (χ4n) is 0.926. The van der Waals surface area contributed by atoms with Crippen molar-refractivity contribution in [1.29, 1.82) is 0 Å². The number of nitrogens with two attached hydrogens (primary N) is 1. The van der Waals surface area contributed by atoms with Crippen LogP contribution in [0.1, 0.15) is 11.1 Å². The summed E-state index contributed by atoms with van der Waals surface area (Å²) in [5.74, 6) is -1.94. The molecule has 1 rings (SSSR count). The summed E-state index contributed by atoms with van der Waals surface area (Å²) in [6, 6.07) is 1.88. The molecule has 1 aromatic carbocycles. The van der Waals surface area contributed by atoms with Crippen LogP contribution >= 0.6 is 0 Å². The van der Waals surface area contributed by atoms with Crippen LogP contribution in [0.25, 0.3) is 0 Å². The minimum absolute atomic E-state index is 0.0631. The summed E-state index contributed by atoms with van der Waals surface area (Å²) in [4.78, 5) is 10.2. The first-order chi connectivity index (χ1) is 7.02. The summed E-state index contributed by atoms with van der Waals surface area (Å²) in [6.07, 6.45) is 0.975. The predicted molar refractivity (Wildman–Crippen MR) is 51.4 cm³/mol. The number of hydrogen-bond acceptors (Lipinski definition) is 2. The zero-order valence-electron chi connectivity index (χ0n) is 7.92. The molecule has 2 amide bonds. The van der Waals surface area contributed by atoms with Crippen LogP contribution in [-0.2, 0) is 0 Å². The fraction of sp³-hybridized carbons (Fsp3) is 0.111. The van der Waals surface area contributed by atoms with Crippen LogP contribution in [0.2, 0.25) is 0 Å². The lowest BCUT2D eigenvalue weighted by Crippen LogP contribution is -2.24. The molecule has 3 N–H and O–H groups in total. The molecule has 0 unspecified atom stereocenters. The lowest BCUT2D eigenvalue weighted by molar-refractivity contribution is 0.249. The molecule has 15 heavy (non-hydrogen) atoms. The number of carbonyl (C=O) groups excluding carboxylic acids is 1. The molecule has 1 aromatic rings. The van der Waals surface area contributed by atoms with E-state index in [9.17, 15) is 13.6 Å². The highest BCUT2D eigenvalue weighted by Gasteiger charge is 2.08. The summed E-state index contributed by atoms with van der Waals surface area (Å²) in [7, 11) is 0. The number of hydrogen-bond donors (Lipinski definition) is 2. The van der Waals surface area contributed by atoms with Crippen molar-refractivity contribution in [2.24, 2.45) is 10.8 Å². The monoisotopic (exact) mass is 213 g/mol. The van der Waals surface area contributed by atoms with E-state index in [4.69, 9.17) is 5.73 Å². The van der Waals surface area contributed by atoms with Crippen molar-refractivity contribution in [2.45, 2.75) is 6.92 Å². The average molecular weight is 213 g/mol. The number of carbonyl (C=O) groups is 1. The molecule has 0 aromatic heterocycles. The van der Waals surface area contributed by atoms with Gasteiger partial charge in [0.05, 0.1) is 6.21 Å². The molecule has 0 saturated carbocycles. The number of urea groups is 1. The third-order valence-corrected chi connectivity index (χ3v) is 1.68. The van der Waals surface area contributed by atoms with Crippen LogP contribution in [0.15, 0.2) is 17.2 Å². The maximum Gasteiger partial charge on any atom is 0.332 e. The smallest absolute Gasteiger partial charge is 0.332 e. The molecule has 0 aliphatic carbocycles. The number of nitrogens with zero attached hydrogens (tertiary/aromatic N) is 1. The first kappa shape index (κ1) is 11.1. The van der Waals surface area contributed by atoms with Gasteiger partial charge in [-0.15, -0.1) is 0 Å². The summed E-state index contributed by atoms with van der Waals surface area (Å²) in [5.41, 5.74) is 6.73. The van der Waals surface area contributed by atoms with E-state index in [1.807, 2.05) is 5.43 Å². The van der Waals surface area contributed by atoms with Gasteiger partial charge in [0.2, 0.25) is 0 Å². The zero-order chi connectivity index (χ0) is 11.4. The Balaban J connectivity index is 2.92. The van der Waals surface area contributed by atoms with Gasteiger partial charge in [0.15, 0.2) is 11.6 Å². The standard InChI is InChI=1S/C9H9F2N3O/c1-5-2-3-6(8(11)7(5)10)4-13-14-9(12)15/h2-4H,1H3,(H3,12,14,15). The Hall–Kier alpha value is -1.98. The van der Waals surface area contributed by atoms with Crippen LogP contribution in [0.3, 0.4) is 0 Å². The van der Waals surface area contributed by atoms with Crippen LogP contribution in [-0.4, -0.2) is 12.2 Å². The first-order valence-electron chi connectivity index (χ1n) is 4.05. The second-order valence-electron chi connectivity index (χ2n) is 2.83. The highest BCUT2D eigenvalue weighted by molar-refractivity contribution is 5.81. The number of halogens is 2. The normalized spacial score (nSPS) is 10.6. The van der Waals surface area contributed by atoms with Gasteiger partial charge in [-0.1, -0.05) is 6.07 Å². The van der Waals surface area contributed by atoms with E-state index in [-0.39, 0.29) is 11.1 Å². The van der Waals surface area contributed by atoms with Crippen molar-refractivity contribution in [2.75, 3.05) is 0 Å². The average Bonchev–Trinajstić information content (AvgIpc) is 2.18. The predicted octanol–water partition coefficient (Wildman–Crippen LogP) is 1.28. The summed E-state index contributed by atoms with van der Waals surface area (Å²) >= 11 is 0. The summed E-state index contributed by atoms with van der Waals surface area (Å²) in [5, 5.41) is 3.32. The Morgan fingerprint density at radius 1 is 1.47 bits per heavy atom. The number of hydrazone groups is 1. The molecule has 80 valence electrons. The number of primary amides is 1. The highest BCUT2D eigenvalue weighted by atomic mass is 19.2. The van der Waals surface area contributed by atoms with Crippen LogP contribution in [0.5, 0.6) is 0 Å². The fourth-order valence-corrected chi connectivity index (χ4v) is 0.926. The van der Waals surface area contributed by atoms with Gasteiger partial charge in [-0.2, -0.15) is 5.10 Å². The van der Waals surface area contributed by atoms with E-state index >= 15 is 0 Å². The van der Waals surface area contributed by atoms with Gasteiger partial charge in [0.1, 0.15) is 0 Å². The zero-order valence-corrected chi connectivity index (χ0v) is 7.92. The molecule has 0 atom stereocenters. The topological polar surface area (TPSA) is 67.5 Å². The Kier molecular flexibility index (Phi) is 3.33. The maximum atomic E-state index is 13.2. The summed E-state index contributed by atoms with van der Waals surface area (Å²) < 4.78 is 26.2. The Morgan fingerprint density at radius 3 is 2.73 bits per heavy atom. The first-order valence-corrected chi connectivity index (χ1v) is 4.05. The Labute approximate surface area is 84.8 Å². The van der Waals surface area contributed by atoms with Gasteiger partial charge in [-0.3, -0.25) is 0 Å². The molecule has 0 aliphatic rings. The van der Waals surface area contributed by atoms with Crippen LogP contribution < -0.4 is 11.2 Å². The van der Waals surface area contributed by atoms with E-state index < -0.39 is 17.7 Å². The quantitative estimate of drug-likeness (QED) is 0.564. The van der Waals surface area contributed by atoms with Crippen molar-refractivity contribution in [3.63, 3.8) is 0 Å². The molecule has 0 spiro atoms. The van der Waals surface area contributed by atoms with Crippen molar-refractivity contribution in [3.8, 4) is 0 Å². The number of aryl methyl sites for hydroxylation is 1. The number of rotatable bonds is 2. The van der Waals surface area contributed by atoms with E-state index in [2.05, 4.69) is 5.10 Å². The number of amides is 2. The third kappa shape index (κ3) is 2.73. The lowest BCUT2D eigenvalue weighted by Gasteiger charge is -2.00. The second-order valence-corrected chi connectivity index (χ2v) is 2.83. The van der Waals surface area contributed by atoms with E-state index in [1.54, 1.807) is 0 Å². The van der Waals surface area contributed by atoms with Gasteiger partial charge < -0.3 is 5.73 Å². The van der Waals surface area contributed by atoms with Gasteiger partial charge >= 0.3 is 6.03 Å². The molecule has 0 aliphatic heterocycles.